The van der Waals surface area contributed by atoms with Gasteiger partial charge in [-0.2, -0.15) is 5.10 Å². The van der Waals surface area contributed by atoms with Crippen molar-refractivity contribution in [3.63, 3.8) is 0 Å². The molecule has 186 valence electrons. The van der Waals surface area contributed by atoms with Crippen molar-refractivity contribution in [3.8, 4) is 28.4 Å². The van der Waals surface area contributed by atoms with Gasteiger partial charge in [-0.15, -0.1) is 0 Å². The summed E-state index contributed by atoms with van der Waals surface area (Å²) in [5.74, 6) is 1.13. The number of hydrogen-bond donors (Lipinski definition) is 2. The molecule has 0 atom stereocenters. The van der Waals surface area contributed by atoms with E-state index in [0.29, 0.717) is 34.8 Å². The number of pyridine rings is 1. The van der Waals surface area contributed by atoms with E-state index in [1.165, 1.54) is 12.1 Å². The summed E-state index contributed by atoms with van der Waals surface area (Å²) >= 11 is 0. The van der Waals surface area contributed by atoms with Crippen molar-refractivity contribution in [2.24, 2.45) is 0 Å². The maximum atomic E-state index is 14.1. The molecule has 0 aliphatic rings. The van der Waals surface area contributed by atoms with Gasteiger partial charge in [0.25, 0.3) is 5.56 Å². The number of hydrogen-bond acceptors (Lipinski definition) is 4. The number of aromatic amines is 1. The summed E-state index contributed by atoms with van der Waals surface area (Å²) in [6.45, 7) is 0.295. The third-order valence-electron chi connectivity index (χ3n) is 6.18. The Kier molecular flexibility index (Phi) is 6.16. The Morgan fingerprint density at radius 3 is 2.26 bits per heavy atom. The number of nitrogens with zero attached hydrogens (tertiary/aromatic N) is 2. The van der Waals surface area contributed by atoms with E-state index in [-0.39, 0.29) is 11.4 Å². The van der Waals surface area contributed by atoms with Gasteiger partial charge in [0.05, 0.1) is 5.69 Å². The van der Waals surface area contributed by atoms with E-state index in [9.17, 15) is 9.18 Å². The molecule has 6 nitrogen and oxygen atoms in total. The van der Waals surface area contributed by atoms with E-state index in [2.05, 4.69) is 10.3 Å². The first-order valence-electron chi connectivity index (χ1n) is 12.2. The van der Waals surface area contributed by atoms with E-state index >= 15 is 0 Å². The van der Waals surface area contributed by atoms with E-state index < -0.39 is 0 Å². The van der Waals surface area contributed by atoms with Crippen LogP contribution < -0.4 is 15.6 Å². The maximum Gasteiger partial charge on any atom is 0.254 e. The number of H-pyrrole nitrogens is 1. The first-order chi connectivity index (χ1) is 18.6. The Hall–Kier alpha value is -5.17. The molecule has 0 saturated carbocycles. The van der Waals surface area contributed by atoms with Crippen molar-refractivity contribution in [1.29, 1.82) is 0 Å². The predicted molar refractivity (Wildman–Crippen MR) is 147 cm³/mol. The van der Waals surface area contributed by atoms with Gasteiger partial charge < -0.3 is 15.0 Å². The molecule has 38 heavy (non-hydrogen) atoms. The lowest BCUT2D eigenvalue weighted by Gasteiger charge is -2.09. The first kappa shape index (κ1) is 23.2. The quantitative estimate of drug-likeness (QED) is 0.248. The summed E-state index contributed by atoms with van der Waals surface area (Å²) in [5.41, 5.74) is 3.71. The zero-order valence-electron chi connectivity index (χ0n) is 20.3. The van der Waals surface area contributed by atoms with Crippen LogP contribution in [0.4, 0.5) is 10.1 Å². The molecule has 2 aromatic heterocycles. The fraction of sp³-hybridized carbons (Fsp3) is 0.0323. The van der Waals surface area contributed by atoms with Crippen LogP contribution in [0.2, 0.25) is 0 Å². The van der Waals surface area contributed by atoms with Crippen molar-refractivity contribution in [3.05, 3.63) is 137 Å². The van der Waals surface area contributed by atoms with E-state index in [1.54, 1.807) is 10.7 Å². The van der Waals surface area contributed by atoms with Crippen molar-refractivity contribution in [2.45, 2.75) is 6.54 Å². The predicted octanol–water partition coefficient (Wildman–Crippen LogP) is 6.92. The van der Waals surface area contributed by atoms with Crippen molar-refractivity contribution < 1.29 is 9.13 Å². The molecule has 0 aliphatic carbocycles. The molecule has 2 N–H and O–H groups in total. The average Bonchev–Trinajstić information content (AvgIpc) is 3.32. The van der Waals surface area contributed by atoms with Gasteiger partial charge in [-0.05, 0) is 66.7 Å². The van der Waals surface area contributed by atoms with E-state index in [4.69, 9.17) is 9.84 Å². The minimum atomic E-state index is -0.351. The number of aromatic nitrogens is 3. The molecule has 0 fully saturated rings. The second-order valence-corrected chi connectivity index (χ2v) is 8.79. The number of halogens is 1. The number of ether oxygens (including phenoxy) is 1. The van der Waals surface area contributed by atoms with Crippen molar-refractivity contribution in [1.82, 2.24) is 14.8 Å². The van der Waals surface area contributed by atoms with Crippen LogP contribution in [0.25, 0.3) is 28.0 Å². The Morgan fingerprint density at radius 2 is 1.53 bits per heavy atom. The Bertz CT molecular complexity index is 1760. The number of rotatable bonds is 7. The highest BCUT2D eigenvalue weighted by Crippen LogP contribution is 2.29. The molecular formula is C31H23FN4O2. The summed E-state index contributed by atoms with van der Waals surface area (Å²) in [6.07, 6.45) is 0. The molecule has 4 aromatic carbocycles. The SMILES string of the molecule is O=c1[nH]c2c(cc1CNc1ccc(Oc3ccccc3)cc1)c(-c1cccc(F)c1)nn2-c1ccccc1. The van der Waals surface area contributed by atoms with Crippen LogP contribution in [0.15, 0.2) is 120 Å². The average molecular weight is 503 g/mol. The summed E-state index contributed by atoms with van der Waals surface area (Å²) in [6, 6.07) is 34.7. The lowest BCUT2D eigenvalue weighted by Crippen LogP contribution is -2.16. The highest BCUT2D eigenvalue weighted by molar-refractivity contribution is 5.92. The Balaban J connectivity index is 1.31. The molecule has 0 aliphatic heterocycles. The Labute approximate surface area is 218 Å². The third-order valence-corrected chi connectivity index (χ3v) is 6.18. The molecule has 0 saturated heterocycles. The molecule has 0 radical (unpaired) electrons. The minimum Gasteiger partial charge on any atom is -0.457 e. The smallest absolute Gasteiger partial charge is 0.254 e. The van der Waals surface area contributed by atoms with Gasteiger partial charge in [0, 0.05) is 28.7 Å². The fourth-order valence-electron chi connectivity index (χ4n) is 4.31. The number of nitrogens with one attached hydrogen (secondary N) is 2. The van der Waals surface area contributed by atoms with Gasteiger partial charge >= 0.3 is 0 Å². The van der Waals surface area contributed by atoms with E-state index in [0.717, 1.165) is 22.5 Å². The highest BCUT2D eigenvalue weighted by Gasteiger charge is 2.17. The molecule has 0 spiro atoms. The largest absolute Gasteiger partial charge is 0.457 e. The van der Waals surface area contributed by atoms with Crippen LogP contribution >= 0.6 is 0 Å². The first-order valence-corrected chi connectivity index (χ1v) is 12.2. The topological polar surface area (TPSA) is 71.9 Å². The second kappa shape index (κ2) is 10.1. The summed E-state index contributed by atoms with van der Waals surface area (Å²) in [7, 11) is 0. The minimum absolute atomic E-state index is 0.225. The maximum absolute atomic E-state index is 14.1. The van der Waals surface area contributed by atoms with Gasteiger partial charge in [0.1, 0.15) is 28.7 Å². The summed E-state index contributed by atoms with van der Waals surface area (Å²) in [4.78, 5) is 16.1. The van der Waals surface area contributed by atoms with Crippen LogP contribution in [0.5, 0.6) is 11.5 Å². The van der Waals surface area contributed by atoms with Crippen LogP contribution in [-0.4, -0.2) is 14.8 Å². The van der Waals surface area contributed by atoms with Crippen molar-refractivity contribution in [2.75, 3.05) is 5.32 Å². The number of para-hydroxylation sites is 2. The van der Waals surface area contributed by atoms with Crippen LogP contribution in [0.1, 0.15) is 5.56 Å². The van der Waals surface area contributed by atoms with Gasteiger partial charge in [-0.1, -0.05) is 48.5 Å². The molecular weight excluding hydrogens is 479 g/mol. The van der Waals surface area contributed by atoms with Gasteiger partial charge in [-0.3, -0.25) is 4.79 Å². The fourth-order valence-corrected chi connectivity index (χ4v) is 4.31. The molecule has 6 rings (SSSR count). The lowest BCUT2D eigenvalue weighted by atomic mass is 10.1. The van der Waals surface area contributed by atoms with Gasteiger partial charge in [0.2, 0.25) is 0 Å². The third kappa shape index (κ3) is 4.77. The molecule has 0 unspecified atom stereocenters. The zero-order valence-corrected chi connectivity index (χ0v) is 20.3. The number of benzene rings is 4. The molecule has 0 amide bonds. The molecule has 7 heteroatoms. The van der Waals surface area contributed by atoms with Crippen molar-refractivity contribution >= 4 is 16.7 Å². The second-order valence-electron chi connectivity index (χ2n) is 8.79. The summed E-state index contributed by atoms with van der Waals surface area (Å²) < 4.78 is 21.6. The van der Waals surface area contributed by atoms with Crippen LogP contribution in [-0.2, 0) is 6.54 Å². The normalized spacial score (nSPS) is 11.0. The lowest BCUT2D eigenvalue weighted by molar-refractivity contribution is 0.483. The summed E-state index contributed by atoms with van der Waals surface area (Å²) in [5, 5.41) is 8.79. The highest BCUT2D eigenvalue weighted by atomic mass is 19.1. The monoisotopic (exact) mass is 502 g/mol. The number of fused-ring (bicyclic) bond motifs is 1. The van der Waals surface area contributed by atoms with Crippen LogP contribution in [0, 0.1) is 5.82 Å². The molecule has 0 bridgehead atoms. The Morgan fingerprint density at radius 1 is 0.816 bits per heavy atom. The van der Waals surface area contributed by atoms with Crippen LogP contribution in [0.3, 0.4) is 0 Å². The zero-order chi connectivity index (χ0) is 25.9. The number of anilines is 1. The molecule has 6 aromatic rings. The van der Waals surface area contributed by atoms with Gasteiger partial charge in [0.15, 0.2) is 0 Å². The van der Waals surface area contributed by atoms with E-state index in [1.807, 2.05) is 97.1 Å². The standard InChI is InChI=1S/C31H23FN4O2/c32-23-9-7-8-21(18-23)29-28-19-22(31(37)34-30(28)36(35-29)25-10-3-1-4-11-25)20-33-24-14-16-27(17-15-24)38-26-12-5-2-6-13-26/h1-19,33H,20H2,(H,34,37). The van der Waals surface area contributed by atoms with Gasteiger partial charge in [-0.25, -0.2) is 9.07 Å². The molecule has 2 heterocycles.